The molecule has 1 N–H and O–H groups in total. The number of pyridine rings is 1. The molecule has 2 aromatic carbocycles. The third-order valence-corrected chi connectivity index (χ3v) is 7.47. The summed E-state index contributed by atoms with van der Waals surface area (Å²) in [6, 6.07) is 18.8. The van der Waals surface area contributed by atoms with Crippen molar-refractivity contribution in [1.82, 2.24) is 30.1 Å². The van der Waals surface area contributed by atoms with Gasteiger partial charge in [0.25, 0.3) is 5.56 Å². The number of aromatic amines is 1. The van der Waals surface area contributed by atoms with E-state index in [4.69, 9.17) is 20.8 Å². The molecule has 10 heteroatoms. The monoisotopic (exact) mass is 544 g/mol. The number of fused-ring (bicyclic) bond motifs is 1. The number of tetrazole rings is 1. The highest BCUT2D eigenvalue weighted by Crippen LogP contribution is 2.31. The van der Waals surface area contributed by atoms with E-state index in [9.17, 15) is 4.79 Å². The first-order chi connectivity index (χ1) is 19.0. The Bertz CT molecular complexity index is 1610. The molecule has 0 amide bonds. The molecule has 5 aromatic rings. The molecule has 1 aliphatic rings. The van der Waals surface area contributed by atoms with E-state index in [2.05, 4.69) is 25.4 Å². The maximum absolute atomic E-state index is 13.8. The van der Waals surface area contributed by atoms with Gasteiger partial charge in [-0.3, -0.25) is 9.69 Å². The van der Waals surface area contributed by atoms with Crippen LogP contribution < -0.4 is 5.56 Å². The van der Waals surface area contributed by atoms with Crippen molar-refractivity contribution < 1.29 is 9.15 Å². The summed E-state index contributed by atoms with van der Waals surface area (Å²) < 4.78 is 13.4. The number of ether oxygens (including phenoxy) is 1. The number of aromatic nitrogens is 5. The Morgan fingerprint density at radius 1 is 1.15 bits per heavy atom. The fourth-order valence-electron chi connectivity index (χ4n) is 5.29. The molecule has 1 fully saturated rings. The van der Waals surface area contributed by atoms with Crippen molar-refractivity contribution in [2.24, 2.45) is 0 Å². The van der Waals surface area contributed by atoms with Crippen molar-refractivity contribution >= 4 is 22.5 Å². The van der Waals surface area contributed by atoms with Gasteiger partial charge in [-0.2, -0.15) is 0 Å². The fourth-order valence-corrected chi connectivity index (χ4v) is 5.41. The minimum absolute atomic E-state index is 0.0280. The first kappa shape index (κ1) is 25.5. The van der Waals surface area contributed by atoms with Gasteiger partial charge in [-0.15, -0.1) is 5.10 Å². The maximum Gasteiger partial charge on any atom is 0.253 e. The van der Waals surface area contributed by atoms with Gasteiger partial charge in [0.05, 0.1) is 31.0 Å². The number of halogens is 1. The summed E-state index contributed by atoms with van der Waals surface area (Å²) in [5, 5.41) is 14.5. The molecule has 0 unspecified atom stereocenters. The molecule has 4 heterocycles. The van der Waals surface area contributed by atoms with Crippen LogP contribution in [-0.2, 0) is 24.4 Å². The van der Waals surface area contributed by atoms with Crippen LogP contribution in [0.4, 0.5) is 0 Å². The lowest BCUT2D eigenvalue weighted by Crippen LogP contribution is -2.35. The zero-order valence-corrected chi connectivity index (χ0v) is 22.3. The summed E-state index contributed by atoms with van der Waals surface area (Å²) in [4.78, 5) is 19.0. The molecule has 0 radical (unpaired) electrons. The number of rotatable bonds is 9. The van der Waals surface area contributed by atoms with Gasteiger partial charge >= 0.3 is 0 Å². The van der Waals surface area contributed by atoms with Crippen molar-refractivity contribution in [2.75, 3.05) is 6.61 Å². The van der Waals surface area contributed by atoms with Crippen LogP contribution in [0.15, 0.2) is 76.1 Å². The molecule has 9 nitrogen and oxygen atoms in total. The maximum atomic E-state index is 13.8. The van der Waals surface area contributed by atoms with Gasteiger partial charge < -0.3 is 14.1 Å². The van der Waals surface area contributed by atoms with Crippen molar-refractivity contribution in [3.8, 4) is 0 Å². The summed E-state index contributed by atoms with van der Waals surface area (Å²) in [6.07, 6.45) is 3.63. The molecule has 0 spiro atoms. The van der Waals surface area contributed by atoms with Gasteiger partial charge in [-0.1, -0.05) is 41.9 Å². The SMILES string of the molecule is Cc1cccc2cc([C@H](c3nnnn3C[C@H]3CCCO3)N(Cc3ccc(Cl)cc3)Cc3ccco3)c(=O)[nH]c12. The molecule has 3 aromatic heterocycles. The van der Waals surface area contributed by atoms with E-state index in [0.717, 1.165) is 47.2 Å². The predicted molar refractivity (Wildman–Crippen MR) is 147 cm³/mol. The lowest BCUT2D eigenvalue weighted by molar-refractivity contribution is 0.0901. The second-order valence-electron chi connectivity index (χ2n) is 9.96. The number of benzene rings is 2. The second kappa shape index (κ2) is 11.1. The predicted octanol–water partition coefficient (Wildman–Crippen LogP) is 5.04. The second-order valence-corrected chi connectivity index (χ2v) is 10.4. The molecule has 6 rings (SSSR count). The van der Waals surface area contributed by atoms with Crippen LogP contribution in [0.2, 0.25) is 5.02 Å². The first-order valence-corrected chi connectivity index (χ1v) is 13.4. The van der Waals surface area contributed by atoms with Crippen molar-refractivity contribution in [3.63, 3.8) is 0 Å². The normalized spacial score (nSPS) is 16.3. The Balaban J connectivity index is 1.50. The highest BCUT2D eigenvalue weighted by atomic mass is 35.5. The number of nitrogens with zero attached hydrogens (tertiary/aromatic N) is 5. The lowest BCUT2D eigenvalue weighted by Gasteiger charge is -2.30. The summed E-state index contributed by atoms with van der Waals surface area (Å²) in [5.74, 6) is 1.34. The number of hydrogen-bond acceptors (Lipinski definition) is 7. The number of hydrogen-bond donors (Lipinski definition) is 1. The van der Waals surface area contributed by atoms with Crippen molar-refractivity contribution in [1.29, 1.82) is 0 Å². The van der Waals surface area contributed by atoms with Crippen LogP contribution in [0.1, 0.15) is 47.2 Å². The molecular formula is C29H29ClN6O3. The highest BCUT2D eigenvalue weighted by Gasteiger charge is 2.32. The molecule has 0 saturated carbocycles. The largest absolute Gasteiger partial charge is 0.468 e. The van der Waals surface area contributed by atoms with Crippen LogP contribution in [-0.4, -0.2) is 42.8 Å². The van der Waals surface area contributed by atoms with Crippen LogP contribution in [0.3, 0.4) is 0 Å². The number of H-pyrrole nitrogens is 1. The average Bonchev–Trinajstić information content (AvgIpc) is 3.72. The molecule has 1 saturated heterocycles. The zero-order valence-electron chi connectivity index (χ0n) is 21.6. The topological polar surface area (TPSA) is 102 Å². The van der Waals surface area contributed by atoms with Gasteiger partial charge in [-0.25, -0.2) is 4.68 Å². The van der Waals surface area contributed by atoms with E-state index in [1.807, 2.05) is 67.6 Å². The van der Waals surface area contributed by atoms with Gasteiger partial charge in [-0.05, 0) is 77.0 Å². The molecule has 200 valence electrons. The van der Waals surface area contributed by atoms with E-state index in [1.54, 1.807) is 10.9 Å². The number of aryl methyl sites for hydroxylation is 1. The summed E-state index contributed by atoms with van der Waals surface area (Å²) >= 11 is 6.18. The molecule has 0 aliphatic carbocycles. The Kier molecular flexibility index (Phi) is 7.28. The summed E-state index contributed by atoms with van der Waals surface area (Å²) in [5.41, 5.74) is 3.22. The van der Waals surface area contributed by atoms with E-state index in [-0.39, 0.29) is 11.7 Å². The van der Waals surface area contributed by atoms with E-state index < -0.39 is 6.04 Å². The van der Waals surface area contributed by atoms with Crippen LogP contribution in [0.5, 0.6) is 0 Å². The average molecular weight is 545 g/mol. The van der Waals surface area contributed by atoms with Crippen molar-refractivity contribution in [3.05, 3.63) is 111 Å². The summed E-state index contributed by atoms with van der Waals surface area (Å²) in [6.45, 7) is 4.16. The van der Waals surface area contributed by atoms with Crippen LogP contribution in [0, 0.1) is 6.92 Å². The molecular weight excluding hydrogens is 516 g/mol. The molecule has 2 atom stereocenters. The number of furan rings is 1. The zero-order chi connectivity index (χ0) is 26.8. The Hall–Kier alpha value is -3.79. The van der Waals surface area contributed by atoms with Crippen LogP contribution in [0.25, 0.3) is 10.9 Å². The summed E-state index contributed by atoms with van der Waals surface area (Å²) in [7, 11) is 0. The Morgan fingerprint density at radius 3 is 2.79 bits per heavy atom. The molecule has 0 bridgehead atoms. The third-order valence-electron chi connectivity index (χ3n) is 7.22. The van der Waals surface area contributed by atoms with Gasteiger partial charge in [0, 0.05) is 23.7 Å². The van der Waals surface area contributed by atoms with E-state index in [1.165, 1.54) is 0 Å². The Labute approximate surface area is 230 Å². The first-order valence-electron chi connectivity index (χ1n) is 13.1. The third kappa shape index (κ3) is 5.52. The fraction of sp³-hybridized carbons (Fsp3) is 0.310. The van der Waals surface area contributed by atoms with Gasteiger partial charge in [0.15, 0.2) is 5.82 Å². The number of nitrogens with one attached hydrogen (secondary N) is 1. The van der Waals surface area contributed by atoms with Gasteiger partial charge in [0.2, 0.25) is 0 Å². The van der Waals surface area contributed by atoms with Gasteiger partial charge in [0.1, 0.15) is 11.8 Å². The molecule has 39 heavy (non-hydrogen) atoms. The minimum atomic E-state index is -0.573. The van der Waals surface area contributed by atoms with Crippen LogP contribution >= 0.6 is 11.6 Å². The lowest BCUT2D eigenvalue weighted by atomic mass is 10.0. The standard InChI is InChI=1S/C29H29ClN6O3/c1-19-5-2-6-21-15-25(29(37)31-26(19)21)27(28-32-33-34-36(28)18-24-8-4-14-39-24)35(17-23-7-3-13-38-23)16-20-9-11-22(30)12-10-20/h2-3,5-7,9-13,15,24,27H,4,8,14,16-18H2,1H3,(H,31,37)/t24-,27-/m1/s1. The smallest absolute Gasteiger partial charge is 0.253 e. The molecule has 1 aliphatic heterocycles. The highest BCUT2D eigenvalue weighted by molar-refractivity contribution is 6.30. The Morgan fingerprint density at radius 2 is 2.03 bits per heavy atom. The number of para-hydroxylation sites is 1. The minimum Gasteiger partial charge on any atom is -0.468 e. The quantitative estimate of drug-likeness (QED) is 0.277. The van der Waals surface area contributed by atoms with E-state index >= 15 is 0 Å². The van der Waals surface area contributed by atoms with E-state index in [0.29, 0.717) is 36.0 Å². The van der Waals surface area contributed by atoms with Crippen molar-refractivity contribution in [2.45, 2.75) is 51.5 Å².